The van der Waals surface area contributed by atoms with Gasteiger partial charge in [0.15, 0.2) is 0 Å². The maximum atomic E-state index is 14.7. The molecule has 4 rings (SSSR count). The van der Waals surface area contributed by atoms with Crippen molar-refractivity contribution in [3.63, 3.8) is 0 Å². The maximum Gasteiger partial charge on any atom is 0.264 e. The van der Waals surface area contributed by atoms with Gasteiger partial charge in [0.2, 0.25) is 11.8 Å². The Morgan fingerprint density at radius 3 is 2.21 bits per heavy atom. The number of nitrogens with one attached hydrogen (secondary N) is 1. The van der Waals surface area contributed by atoms with E-state index in [2.05, 4.69) is 5.32 Å². The van der Waals surface area contributed by atoms with E-state index in [9.17, 15) is 18.0 Å². The maximum absolute atomic E-state index is 14.7. The molecule has 0 spiro atoms. The summed E-state index contributed by atoms with van der Waals surface area (Å²) in [6.07, 6.45) is 1.95. The molecule has 0 saturated carbocycles. The molecule has 0 aromatic heterocycles. The van der Waals surface area contributed by atoms with E-state index in [0.717, 1.165) is 40.7 Å². The van der Waals surface area contributed by atoms with Crippen molar-refractivity contribution in [2.24, 2.45) is 0 Å². The third-order valence-electron chi connectivity index (χ3n) is 8.32. The zero-order valence-electron chi connectivity index (χ0n) is 27.9. The average molecular weight is 656 g/mol. The number of hydrogen-bond donors (Lipinski definition) is 1. The number of nitrogens with zero attached hydrogens (tertiary/aromatic N) is 2. The third kappa shape index (κ3) is 9.01. The fourth-order valence-corrected chi connectivity index (χ4v) is 6.86. The highest BCUT2D eigenvalue weighted by Crippen LogP contribution is 2.29. The van der Waals surface area contributed by atoms with Crippen LogP contribution >= 0.6 is 0 Å². The molecule has 2 amide bonds. The topological polar surface area (TPSA) is 96.0 Å². The molecular formula is C38H45N3O5S. The fourth-order valence-electron chi connectivity index (χ4n) is 5.38. The smallest absolute Gasteiger partial charge is 0.264 e. The number of benzene rings is 4. The van der Waals surface area contributed by atoms with E-state index in [4.69, 9.17) is 4.74 Å². The van der Waals surface area contributed by atoms with Gasteiger partial charge < -0.3 is 15.0 Å². The minimum atomic E-state index is -4.18. The van der Waals surface area contributed by atoms with Crippen molar-refractivity contribution in [1.82, 2.24) is 10.2 Å². The first kappa shape index (κ1) is 35.2. The van der Waals surface area contributed by atoms with Crippen LogP contribution < -0.4 is 14.4 Å². The number of carbonyl (C=O) groups excluding carboxylic acids is 2. The van der Waals surface area contributed by atoms with Crippen LogP contribution in [-0.4, -0.2) is 51.4 Å². The zero-order chi connectivity index (χ0) is 34.0. The minimum absolute atomic E-state index is 0.0694. The van der Waals surface area contributed by atoms with Gasteiger partial charge in [-0.1, -0.05) is 85.6 Å². The lowest BCUT2D eigenvalue weighted by Crippen LogP contribution is -2.53. The molecular weight excluding hydrogens is 611 g/mol. The van der Waals surface area contributed by atoms with Gasteiger partial charge in [0.1, 0.15) is 18.3 Å². The lowest BCUT2D eigenvalue weighted by atomic mass is 10.0. The van der Waals surface area contributed by atoms with Gasteiger partial charge in [0.25, 0.3) is 10.0 Å². The largest absolute Gasteiger partial charge is 0.497 e. The minimum Gasteiger partial charge on any atom is -0.497 e. The molecule has 0 aliphatic rings. The van der Waals surface area contributed by atoms with E-state index in [1.54, 1.807) is 43.5 Å². The number of anilines is 1. The Morgan fingerprint density at radius 1 is 0.851 bits per heavy atom. The Balaban J connectivity index is 1.83. The SMILES string of the molecule is CCCCNC(=O)[C@H](Cc1ccccc1)N(Cc1cccc(OC)c1)C(=O)CN(c1cccc(C)c1C)S(=O)(=O)c1ccc(C)cc1. The molecule has 4 aromatic carbocycles. The Kier molecular flexibility index (Phi) is 12.2. The van der Waals surface area contributed by atoms with Gasteiger partial charge in [-0.2, -0.15) is 0 Å². The lowest BCUT2D eigenvalue weighted by Gasteiger charge is -2.34. The molecule has 0 bridgehead atoms. The van der Waals surface area contributed by atoms with E-state index in [-0.39, 0.29) is 23.8 Å². The van der Waals surface area contributed by atoms with Crippen LogP contribution in [0.4, 0.5) is 5.69 Å². The van der Waals surface area contributed by atoms with Crippen LogP contribution in [0.15, 0.2) is 102 Å². The molecule has 4 aromatic rings. The number of unbranched alkanes of at least 4 members (excludes halogenated alkanes) is 1. The molecule has 1 N–H and O–H groups in total. The second kappa shape index (κ2) is 16.3. The Morgan fingerprint density at radius 2 is 1.53 bits per heavy atom. The standard InChI is InChI=1S/C38H45N3O5S/c1-6-7-23-39-38(43)36(25-31-14-9-8-10-15-31)40(26-32-16-12-17-33(24-32)46-5)37(42)27-41(35-18-11-13-29(3)30(35)4)47(44,45)34-21-19-28(2)20-22-34/h8-22,24,36H,6-7,23,25-27H2,1-5H3,(H,39,43)/t36-/m0/s1. The van der Waals surface area contributed by atoms with Crippen molar-refractivity contribution in [3.8, 4) is 5.75 Å². The molecule has 0 aliphatic heterocycles. The molecule has 1 atom stereocenters. The van der Waals surface area contributed by atoms with Crippen LogP contribution in [-0.2, 0) is 32.6 Å². The van der Waals surface area contributed by atoms with Crippen molar-refractivity contribution in [2.75, 3.05) is 24.5 Å². The number of aryl methyl sites for hydroxylation is 2. The van der Waals surface area contributed by atoms with Gasteiger partial charge in [-0.05, 0) is 79.8 Å². The average Bonchev–Trinajstić information content (AvgIpc) is 3.07. The number of methoxy groups -OCH3 is 1. The monoisotopic (exact) mass is 655 g/mol. The van der Waals surface area contributed by atoms with E-state index >= 15 is 0 Å². The van der Waals surface area contributed by atoms with Crippen molar-refractivity contribution >= 4 is 27.5 Å². The van der Waals surface area contributed by atoms with E-state index in [0.29, 0.717) is 18.0 Å². The predicted octanol–water partition coefficient (Wildman–Crippen LogP) is 6.37. The summed E-state index contributed by atoms with van der Waals surface area (Å²) in [4.78, 5) is 30.2. The highest BCUT2D eigenvalue weighted by atomic mass is 32.2. The summed E-state index contributed by atoms with van der Waals surface area (Å²) in [5.74, 6) is -0.185. The summed E-state index contributed by atoms with van der Waals surface area (Å²) in [7, 11) is -2.61. The predicted molar refractivity (Wildman–Crippen MR) is 187 cm³/mol. The van der Waals surface area contributed by atoms with Crippen LogP contribution in [0.3, 0.4) is 0 Å². The van der Waals surface area contributed by atoms with Crippen LogP contribution in [0.25, 0.3) is 0 Å². The Bertz CT molecular complexity index is 1760. The van der Waals surface area contributed by atoms with Crippen LogP contribution in [0.1, 0.15) is 47.6 Å². The third-order valence-corrected chi connectivity index (χ3v) is 10.1. The summed E-state index contributed by atoms with van der Waals surface area (Å²) >= 11 is 0. The number of hydrogen-bond acceptors (Lipinski definition) is 5. The summed E-state index contributed by atoms with van der Waals surface area (Å²) in [6, 6.07) is 27.9. The highest BCUT2D eigenvalue weighted by molar-refractivity contribution is 7.92. The zero-order valence-corrected chi connectivity index (χ0v) is 28.7. The van der Waals surface area contributed by atoms with Crippen molar-refractivity contribution in [3.05, 3.63) is 125 Å². The molecule has 8 nitrogen and oxygen atoms in total. The Labute approximate surface area is 279 Å². The van der Waals surface area contributed by atoms with Gasteiger partial charge in [0.05, 0.1) is 17.7 Å². The molecule has 0 fully saturated rings. The quantitative estimate of drug-likeness (QED) is 0.150. The first-order valence-electron chi connectivity index (χ1n) is 15.9. The van der Waals surface area contributed by atoms with Gasteiger partial charge in [-0.15, -0.1) is 0 Å². The lowest BCUT2D eigenvalue weighted by molar-refractivity contribution is -0.140. The van der Waals surface area contributed by atoms with Gasteiger partial charge in [-0.25, -0.2) is 8.42 Å². The van der Waals surface area contributed by atoms with Crippen molar-refractivity contribution < 1.29 is 22.7 Å². The van der Waals surface area contributed by atoms with Crippen LogP contribution in [0, 0.1) is 20.8 Å². The summed E-state index contributed by atoms with van der Waals surface area (Å²) in [5.41, 5.74) is 4.59. The molecule has 0 saturated heterocycles. The molecule has 0 unspecified atom stereocenters. The first-order valence-corrected chi connectivity index (χ1v) is 17.4. The molecule has 9 heteroatoms. The highest BCUT2D eigenvalue weighted by Gasteiger charge is 2.35. The number of sulfonamides is 1. The van der Waals surface area contributed by atoms with E-state index in [1.807, 2.05) is 88.4 Å². The van der Waals surface area contributed by atoms with Crippen LogP contribution in [0.5, 0.6) is 5.75 Å². The first-order chi connectivity index (χ1) is 22.5. The molecule has 0 heterocycles. The second-order valence-corrected chi connectivity index (χ2v) is 13.6. The fraction of sp³-hybridized carbons (Fsp3) is 0.316. The van der Waals surface area contributed by atoms with Crippen LogP contribution in [0.2, 0.25) is 0 Å². The van der Waals surface area contributed by atoms with Crippen molar-refractivity contribution in [2.45, 2.75) is 64.4 Å². The molecule has 0 radical (unpaired) electrons. The van der Waals surface area contributed by atoms with Gasteiger partial charge in [0, 0.05) is 19.5 Å². The Hall–Kier alpha value is -4.63. The number of ether oxygens (including phenoxy) is 1. The summed E-state index contributed by atoms with van der Waals surface area (Å²) < 4.78 is 35.3. The number of rotatable bonds is 15. The van der Waals surface area contributed by atoms with Gasteiger partial charge >= 0.3 is 0 Å². The number of amides is 2. The summed E-state index contributed by atoms with van der Waals surface area (Å²) in [5, 5.41) is 3.02. The molecule has 248 valence electrons. The van der Waals surface area contributed by atoms with Crippen molar-refractivity contribution in [1.29, 1.82) is 0 Å². The summed E-state index contributed by atoms with van der Waals surface area (Å²) in [6.45, 7) is 7.72. The van der Waals surface area contributed by atoms with E-state index < -0.39 is 28.5 Å². The molecule has 0 aliphatic carbocycles. The van der Waals surface area contributed by atoms with Gasteiger partial charge in [-0.3, -0.25) is 13.9 Å². The second-order valence-electron chi connectivity index (χ2n) is 11.8. The number of carbonyl (C=O) groups is 2. The van der Waals surface area contributed by atoms with E-state index in [1.165, 1.54) is 9.21 Å². The molecule has 47 heavy (non-hydrogen) atoms. The normalized spacial score (nSPS) is 11.9.